The van der Waals surface area contributed by atoms with Crippen LogP contribution >= 0.6 is 0 Å². The molecule has 0 radical (unpaired) electrons. The molecule has 1 aromatic rings. The van der Waals surface area contributed by atoms with Crippen molar-refractivity contribution in [3.05, 3.63) is 23.8 Å². The number of hydrogen-bond donors (Lipinski definition) is 2. The van der Waals surface area contributed by atoms with Gasteiger partial charge in [-0.15, -0.1) is 0 Å². The first-order valence-electron chi connectivity index (χ1n) is 8.92. The summed E-state index contributed by atoms with van der Waals surface area (Å²) in [5, 5.41) is 3.06. The summed E-state index contributed by atoms with van der Waals surface area (Å²) in [6.45, 7) is 2.15. The van der Waals surface area contributed by atoms with E-state index in [2.05, 4.69) is 17.0 Å². The summed E-state index contributed by atoms with van der Waals surface area (Å²) >= 11 is 0. The van der Waals surface area contributed by atoms with Gasteiger partial charge in [0, 0.05) is 17.6 Å². The smallest absolute Gasteiger partial charge is 0.251 e. The maximum atomic E-state index is 12.6. The first kappa shape index (κ1) is 18.2. The Morgan fingerprint density at radius 2 is 1.88 bits per heavy atom. The maximum Gasteiger partial charge on any atom is 0.251 e. The van der Waals surface area contributed by atoms with Gasteiger partial charge in [-0.05, 0) is 49.8 Å². The lowest BCUT2D eigenvalue weighted by Gasteiger charge is -2.29. The molecule has 0 aliphatic heterocycles. The van der Waals surface area contributed by atoms with Crippen LogP contribution in [0.3, 0.4) is 0 Å². The standard InChI is InChI=1S/C18H26N2O4S/c1-12-5-3-4-6-15(12)19-18(21)13-7-10-16(24-2)17(11-13)25(22,23)20-14-8-9-14/h7,10-12,14-15,20H,3-6,8-9H2,1-2H3,(H,19,21)/t12-,15-/m0/s1. The summed E-state index contributed by atoms with van der Waals surface area (Å²) in [6.07, 6.45) is 6.09. The Morgan fingerprint density at radius 3 is 2.52 bits per heavy atom. The summed E-state index contributed by atoms with van der Waals surface area (Å²) in [6, 6.07) is 4.70. The minimum atomic E-state index is -3.69. The van der Waals surface area contributed by atoms with E-state index in [1.165, 1.54) is 19.6 Å². The maximum absolute atomic E-state index is 12.6. The van der Waals surface area contributed by atoms with Gasteiger partial charge in [-0.25, -0.2) is 13.1 Å². The second-order valence-electron chi connectivity index (χ2n) is 7.10. The van der Waals surface area contributed by atoms with Gasteiger partial charge < -0.3 is 10.1 Å². The molecule has 0 heterocycles. The predicted octanol–water partition coefficient (Wildman–Crippen LogP) is 2.44. The number of hydrogen-bond acceptors (Lipinski definition) is 4. The molecule has 1 aromatic carbocycles. The molecule has 0 unspecified atom stereocenters. The average molecular weight is 366 g/mol. The molecule has 3 rings (SSSR count). The van der Waals surface area contributed by atoms with E-state index in [4.69, 9.17) is 4.74 Å². The van der Waals surface area contributed by atoms with Crippen molar-refractivity contribution < 1.29 is 17.9 Å². The van der Waals surface area contributed by atoms with E-state index in [1.54, 1.807) is 12.1 Å². The lowest BCUT2D eigenvalue weighted by atomic mass is 9.86. The van der Waals surface area contributed by atoms with E-state index >= 15 is 0 Å². The molecule has 1 amide bonds. The van der Waals surface area contributed by atoms with Gasteiger partial charge >= 0.3 is 0 Å². The lowest BCUT2D eigenvalue weighted by Crippen LogP contribution is -2.41. The van der Waals surface area contributed by atoms with Gasteiger partial charge in [0.05, 0.1) is 7.11 Å². The van der Waals surface area contributed by atoms with E-state index in [0.717, 1.165) is 32.1 Å². The molecule has 7 heteroatoms. The van der Waals surface area contributed by atoms with Crippen molar-refractivity contribution in [2.24, 2.45) is 5.92 Å². The van der Waals surface area contributed by atoms with Crippen LogP contribution in [0.5, 0.6) is 5.75 Å². The zero-order chi connectivity index (χ0) is 18.0. The van der Waals surface area contributed by atoms with Crippen molar-refractivity contribution in [1.82, 2.24) is 10.0 Å². The SMILES string of the molecule is COc1ccc(C(=O)N[C@H]2CCCC[C@@H]2C)cc1S(=O)(=O)NC1CC1. The molecule has 25 heavy (non-hydrogen) atoms. The van der Waals surface area contributed by atoms with Gasteiger partial charge in [0.25, 0.3) is 5.91 Å². The molecule has 138 valence electrons. The van der Waals surface area contributed by atoms with Crippen LogP contribution in [0.2, 0.25) is 0 Å². The second kappa shape index (κ2) is 7.33. The largest absolute Gasteiger partial charge is 0.495 e. The van der Waals surface area contributed by atoms with E-state index in [9.17, 15) is 13.2 Å². The van der Waals surface area contributed by atoms with E-state index in [0.29, 0.717) is 11.5 Å². The highest BCUT2D eigenvalue weighted by atomic mass is 32.2. The van der Waals surface area contributed by atoms with Crippen LogP contribution in [-0.4, -0.2) is 33.5 Å². The Kier molecular flexibility index (Phi) is 5.34. The number of sulfonamides is 1. The van der Waals surface area contributed by atoms with E-state index in [1.807, 2.05) is 0 Å². The monoisotopic (exact) mass is 366 g/mol. The second-order valence-corrected chi connectivity index (χ2v) is 8.79. The molecule has 2 aliphatic carbocycles. The van der Waals surface area contributed by atoms with Crippen molar-refractivity contribution in [3.63, 3.8) is 0 Å². The Morgan fingerprint density at radius 1 is 1.16 bits per heavy atom. The third-order valence-electron chi connectivity index (χ3n) is 5.04. The highest BCUT2D eigenvalue weighted by Crippen LogP contribution is 2.29. The van der Waals surface area contributed by atoms with Crippen molar-refractivity contribution in [2.75, 3.05) is 7.11 Å². The van der Waals surface area contributed by atoms with Crippen LogP contribution in [0.15, 0.2) is 23.1 Å². The molecule has 2 aliphatic rings. The number of rotatable bonds is 6. The van der Waals surface area contributed by atoms with Crippen LogP contribution in [0.1, 0.15) is 55.8 Å². The summed E-state index contributed by atoms with van der Waals surface area (Å²) in [5.41, 5.74) is 0.342. The van der Waals surface area contributed by atoms with Crippen molar-refractivity contribution in [1.29, 1.82) is 0 Å². The third-order valence-corrected chi connectivity index (χ3v) is 6.58. The van der Waals surface area contributed by atoms with Gasteiger partial charge in [-0.1, -0.05) is 19.8 Å². The van der Waals surface area contributed by atoms with Crippen LogP contribution in [0.25, 0.3) is 0 Å². The normalized spacial score (nSPS) is 23.9. The number of methoxy groups -OCH3 is 1. The van der Waals surface area contributed by atoms with Crippen molar-refractivity contribution in [3.8, 4) is 5.75 Å². The Balaban J connectivity index is 1.81. The Bertz CT molecular complexity index is 743. The van der Waals surface area contributed by atoms with E-state index < -0.39 is 10.0 Å². The minimum Gasteiger partial charge on any atom is -0.495 e. The molecule has 2 atom stereocenters. The van der Waals surface area contributed by atoms with Crippen LogP contribution in [-0.2, 0) is 10.0 Å². The van der Waals surface area contributed by atoms with E-state index in [-0.39, 0.29) is 28.6 Å². The van der Waals surface area contributed by atoms with Gasteiger partial charge in [0.2, 0.25) is 10.0 Å². The van der Waals surface area contributed by atoms with Gasteiger partial charge in [0.1, 0.15) is 10.6 Å². The molecule has 2 saturated carbocycles. The molecular formula is C18H26N2O4S. The first-order chi connectivity index (χ1) is 11.9. The zero-order valence-electron chi connectivity index (χ0n) is 14.7. The van der Waals surface area contributed by atoms with Gasteiger partial charge in [0.15, 0.2) is 0 Å². The molecule has 2 N–H and O–H groups in total. The number of carbonyl (C=O) groups excluding carboxylic acids is 1. The quantitative estimate of drug-likeness (QED) is 0.810. The van der Waals surface area contributed by atoms with Gasteiger partial charge in [-0.2, -0.15) is 0 Å². The Hall–Kier alpha value is -1.60. The highest BCUT2D eigenvalue weighted by molar-refractivity contribution is 7.89. The molecule has 6 nitrogen and oxygen atoms in total. The minimum absolute atomic E-state index is 0.00437. The van der Waals surface area contributed by atoms with Crippen molar-refractivity contribution >= 4 is 15.9 Å². The van der Waals surface area contributed by atoms with Crippen LogP contribution in [0, 0.1) is 5.92 Å². The fourth-order valence-corrected chi connectivity index (χ4v) is 4.79. The molecule has 0 saturated heterocycles. The van der Waals surface area contributed by atoms with Gasteiger partial charge in [-0.3, -0.25) is 4.79 Å². The van der Waals surface area contributed by atoms with Crippen LogP contribution < -0.4 is 14.8 Å². The fourth-order valence-electron chi connectivity index (χ4n) is 3.29. The zero-order valence-corrected chi connectivity index (χ0v) is 15.6. The summed E-state index contributed by atoms with van der Waals surface area (Å²) < 4.78 is 32.9. The number of benzene rings is 1. The summed E-state index contributed by atoms with van der Waals surface area (Å²) in [5.74, 6) is 0.454. The molecule has 0 aromatic heterocycles. The number of carbonyl (C=O) groups is 1. The molecular weight excluding hydrogens is 340 g/mol. The topological polar surface area (TPSA) is 84.5 Å². The lowest BCUT2D eigenvalue weighted by molar-refractivity contribution is 0.0910. The molecule has 2 fully saturated rings. The fraction of sp³-hybridized carbons (Fsp3) is 0.611. The Labute approximate surface area is 149 Å². The highest BCUT2D eigenvalue weighted by Gasteiger charge is 2.31. The number of ether oxygens (including phenoxy) is 1. The summed E-state index contributed by atoms with van der Waals surface area (Å²) in [7, 11) is -2.27. The summed E-state index contributed by atoms with van der Waals surface area (Å²) in [4.78, 5) is 12.6. The number of amides is 1. The molecule has 0 spiro atoms. The number of nitrogens with one attached hydrogen (secondary N) is 2. The van der Waals surface area contributed by atoms with Crippen LogP contribution in [0.4, 0.5) is 0 Å². The average Bonchev–Trinajstić information content (AvgIpc) is 3.39. The molecule has 0 bridgehead atoms. The third kappa shape index (κ3) is 4.33. The predicted molar refractivity (Wildman–Crippen MR) is 95.2 cm³/mol. The first-order valence-corrected chi connectivity index (χ1v) is 10.4. The van der Waals surface area contributed by atoms with Crippen molar-refractivity contribution in [2.45, 2.75) is 62.4 Å².